The molecule has 1 unspecified atom stereocenters. The number of ether oxygens (including phenoxy) is 2. The first-order valence-corrected chi connectivity index (χ1v) is 9.25. The average molecular weight is 356 g/mol. The smallest absolute Gasteiger partial charge is 0.277 e. The van der Waals surface area contributed by atoms with Crippen molar-refractivity contribution in [1.29, 1.82) is 0 Å². The van der Waals surface area contributed by atoms with Gasteiger partial charge in [-0.3, -0.25) is 4.79 Å². The minimum Gasteiger partial charge on any atom is -0.497 e. The van der Waals surface area contributed by atoms with Crippen LogP contribution in [0.3, 0.4) is 0 Å². The van der Waals surface area contributed by atoms with Crippen molar-refractivity contribution in [1.82, 2.24) is 9.47 Å². The number of quaternary nitrogens is 1. The van der Waals surface area contributed by atoms with E-state index in [1.807, 2.05) is 17.0 Å². The number of hydrogen-bond donors (Lipinski definition) is 1. The lowest BCUT2D eigenvalue weighted by molar-refractivity contribution is -0.922. The number of nitrogens with zero attached hydrogens (tertiary/aromatic N) is 2. The zero-order chi connectivity index (χ0) is 17.9. The maximum atomic E-state index is 12.8. The average Bonchev–Trinajstić information content (AvgIpc) is 3.17. The van der Waals surface area contributed by atoms with Crippen molar-refractivity contribution < 1.29 is 19.2 Å². The van der Waals surface area contributed by atoms with Gasteiger partial charge in [0.1, 0.15) is 5.75 Å². The van der Waals surface area contributed by atoms with E-state index in [-0.39, 0.29) is 11.9 Å². The summed E-state index contributed by atoms with van der Waals surface area (Å²) in [6.07, 6.45) is 2.13. The first kappa shape index (κ1) is 17.1. The van der Waals surface area contributed by atoms with E-state index in [9.17, 15) is 4.79 Å². The summed E-state index contributed by atoms with van der Waals surface area (Å²) < 4.78 is 13.1. The maximum Gasteiger partial charge on any atom is 0.277 e. The lowest BCUT2D eigenvalue weighted by Gasteiger charge is -2.35. The minimum atomic E-state index is 0.138. The normalized spacial score (nSPS) is 22.7. The van der Waals surface area contributed by atoms with Crippen LogP contribution >= 0.6 is 0 Å². The van der Waals surface area contributed by atoms with Crippen LogP contribution in [0, 0.1) is 0 Å². The van der Waals surface area contributed by atoms with E-state index >= 15 is 0 Å². The molecule has 2 atom stereocenters. The van der Waals surface area contributed by atoms with Gasteiger partial charge in [-0.1, -0.05) is 12.1 Å². The number of methoxy groups -OCH3 is 1. The molecule has 0 bridgehead atoms. The van der Waals surface area contributed by atoms with Gasteiger partial charge in [-0.25, -0.2) is 0 Å². The van der Waals surface area contributed by atoms with Crippen molar-refractivity contribution in [2.45, 2.75) is 12.6 Å². The SMILES string of the molecule is COc1cccc([C@@H]2c3cccn3CC[NH+]2CC(=O)N2CCOCC2)c1. The van der Waals surface area contributed by atoms with E-state index in [1.54, 1.807) is 7.11 Å². The number of rotatable bonds is 4. The first-order chi connectivity index (χ1) is 12.8. The van der Waals surface area contributed by atoms with Gasteiger partial charge in [-0.15, -0.1) is 0 Å². The summed E-state index contributed by atoms with van der Waals surface area (Å²) in [6, 6.07) is 12.6. The highest BCUT2D eigenvalue weighted by molar-refractivity contribution is 5.77. The van der Waals surface area contributed by atoms with Gasteiger partial charge in [-0.2, -0.15) is 0 Å². The number of amides is 1. The van der Waals surface area contributed by atoms with Crippen molar-refractivity contribution in [2.24, 2.45) is 0 Å². The number of carbonyl (C=O) groups is 1. The summed E-state index contributed by atoms with van der Waals surface area (Å²) in [7, 11) is 1.69. The van der Waals surface area contributed by atoms with Crippen molar-refractivity contribution in [3.63, 3.8) is 0 Å². The molecule has 6 heteroatoms. The predicted molar refractivity (Wildman–Crippen MR) is 97.4 cm³/mol. The molecule has 2 aliphatic heterocycles. The second kappa shape index (κ2) is 7.51. The fourth-order valence-electron chi connectivity index (χ4n) is 4.05. The van der Waals surface area contributed by atoms with E-state index in [2.05, 4.69) is 35.0 Å². The monoisotopic (exact) mass is 356 g/mol. The predicted octanol–water partition coefficient (Wildman–Crippen LogP) is 0.343. The van der Waals surface area contributed by atoms with Crippen LogP contribution < -0.4 is 9.64 Å². The standard InChI is InChI=1S/C20H25N3O3/c1-25-17-5-2-4-16(14-17)20-18-6-3-7-21(18)8-9-23(20)15-19(24)22-10-12-26-13-11-22/h2-7,14,20H,8-13,15H2,1H3/p+1/t20-/m1/s1. The van der Waals surface area contributed by atoms with Crippen molar-refractivity contribution in [2.75, 3.05) is 46.5 Å². The minimum absolute atomic E-state index is 0.138. The van der Waals surface area contributed by atoms with Crippen molar-refractivity contribution >= 4 is 5.91 Å². The van der Waals surface area contributed by atoms with E-state index in [0.29, 0.717) is 32.8 Å². The molecule has 1 aromatic carbocycles. The zero-order valence-electron chi connectivity index (χ0n) is 15.2. The maximum absolute atomic E-state index is 12.8. The molecule has 26 heavy (non-hydrogen) atoms. The molecule has 138 valence electrons. The number of fused-ring (bicyclic) bond motifs is 1. The van der Waals surface area contributed by atoms with Crippen LogP contribution in [0.25, 0.3) is 0 Å². The Morgan fingerprint density at radius 1 is 1.23 bits per heavy atom. The first-order valence-electron chi connectivity index (χ1n) is 9.25. The summed E-state index contributed by atoms with van der Waals surface area (Å²) in [5.74, 6) is 1.07. The van der Waals surface area contributed by atoms with E-state index in [4.69, 9.17) is 9.47 Å². The highest BCUT2D eigenvalue weighted by atomic mass is 16.5. The number of morpholine rings is 1. The van der Waals surface area contributed by atoms with Crippen LogP contribution in [0.15, 0.2) is 42.6 Å². The lowest BCUT2D eigenvalue weighted by Crippen LogP contribution is -3.14. The summed E-state index contributed by atoms with van der Waals surface area (Å²) in [4.78, 5) is 16.1. The number of hydrogen-bond acceptors (Lipinski definition) is 3. The molecule has 6 nitrogen and oxygen atoms in total. The molecular weight excluding hydrogens is 330 g/mol. The number of aromatic nitrogens is 1. The van der Waals surface area contributed by atoms with E-state index < -0.39 is 0 Å². The molecule has 0 aliphatic carbocycles. The quantitative estimate of drug-likeness (QED) is 0.860. The van der Waals surface area contributed by atoms with E-state index in [1.165, 1.54) is 16.2 Å². The van der Waals surface area contributed by atoms with Crippen LogP contribution in [-0.4, -0.2) is 61.9 Å². The number of carbonyl (C=O) groups excluding carboxylic acids is 1. The highest BCUT2D eigenvalue weighted by Gasteiger charge is 2.35. The Labute approximate surface area is 153 Å². The molecule has 2 aromatic rings. The van der Waals surface area contributed by atoms with E-state index in [0.717, 1.165) is 18.8 Å². The molecule has 3 heterocycles. The van der Waals surface area contributed by atoms with Gasteiger partial charge in [0.25, 0.3) is 5.91 Å². The van der Waals surface area contributed by atoms with Crippen molar-refractivity contribution in [3.8, 4) is 5.75 Å². The van der Waals surface area contributed by atoms with Gasteiger partial charge in [0, 0.05) is 24.8 Å². The van der Waals surface area contributed by atoms with Gasteiger partial charge in [0.2, 0.25) is 0 Å². The zero-order valence-corrected chi connectivity index (χ0v) is 15.2. The molecule has 0 spiro atoms. The van der Waals surface area contributed by atoms with Gasteiger partial charge in [-0.05, 0) is 24.3 Å². The van der Waals surface area contributed by atoms with Gasteiger partial charge in [0.05, 0.1) is 39.1 Å². The van der Waals surface area contributed by atoms with Gasteiger partial charge >= 0.3 is 0 Å². The fourth-order valence-corrected chi connectivity index (χ4v) is 4.05. The van der Waals surface area contributed by atoms with Crippen LogP contribution in [0.4, 0.5) is 0 Å². The third-order valence-corrected chi connectivity index (χ3v) is 5.41. The molecule has 2 aliphatic rings. The molecule has 0 radical (unpaired) electrons. The molecule has 0 saturated carbocycles. The molecule has 1 saturated heterocycles. The van der Waals surface area contributed by atoms with Crippen molar-refractivity contribution in [3.05, 3.63) is 53.9 Å². The number of benzene rings is 1. The Bertz CT molecular complexity index is 767. The molecular formula is C20H26N3O3+. The Hall–Kier alpha value is -2.31. The summed E-state index contributed by atoms with van der Waals surface area (Å²) in [6.45, 7) is 5.06. The second-order valence-corrected chi connectivity index (χ2v) is 6.91. The molecule has 4 rings (SSSR count). The summed E-state index contributed by atoms with van der Waals surface area (Å²) >= 11 is 0. The lowest BCUT2D eigenvalue weighted by atomic mass is 9.99. The Morgan fingerprint density at radius 2 is 2.08 bits per heavy atom. The van der Waals surface area contributed by atoms with Crippen LogP contribution in [0.2, 0.25) is 0 Å². The van der Waals surface area contributed by atoms with Gasteiger partial charge in [0.15, 0.2) is 12.6 Å². The molecule has 1 amide bonds. The van der Waals surface area contributed by atoms with Crippen LogP contribution in [0.5, 0.6) is 5.75 Å². The highest BCUT2D eigenvalue weighted by Crippen LogP contribution is 2.25. The number of nitrogens with one attached hydrogen (secondary N) is 1. The molecule has 1 fully saturated rings. The van der Waals surface area contributed by atoms with Crippen LogP contribution in [-0.2, 0) is 16.1 Å². The largest absolute Gasteiger partial charge is 0.497 e. The van der Waals surface area contributed by atoms with Gasteiger partial charge < -0.3 is 23.8 Å². The summed E-state index contributed by atoms with van der Waals surface area (Å²) in [5, 5.41) is 0. The Balaban J connectivity index is 1.61. The topological polar surface area (TPSA) is 48.1 Å². The molecule has 1 N–H and O–H groups in total. The third-order valence-electron chi connectivity index (χ3n) is 5.41. The Kier molecular flexibility index (Phi) is 4.95. The third kappa shape index (κ3) is 3.34. The Morgan fingerprint density at radius 3 is 2.88 bits per heavy atom. The summed E-state index contributed by atoms with van der Waals surface area (Å²) in [5.41, 5.74) is 2.45. The second-order valence-electron chi connectivity index (χ2n) is 6.91. The van der Waals surface area contributed by atoms with Crippen LogP contribution in [0.1, 0.15) is 17.3 Å². The molecule has 1 aromatic heterocycles. The fraction of sp³-hybridized carbons (Fsp3) is 0.450.